The fraction of sp³-hybridized carbons (Fsp3) is 0.357. The van der Waals surface area contributed by atoms with Gasteiger partial charge in [0, 0.05) is 17.1 Å². The molecular formula is C14H17N3. The maximum Gasteiger partial charge on any atom is 0.126 e. The predicted octanol–water partition coefficient (Wildman–Crippen LogP) is 3.03. The third-order valence-electron chi connectivity index (χ3n) is 3.42. The highest BCUT2D eigenvalue weighted by molar-refractivity contribution is 5.83. The van der Waals surface area contributed by atoms with Gasteiger partial charge >= 0.3 is 0 Å². The average Bonchev–Trinajstić information content (AvgIpc) is 3.13. The molecule has 0 spiro atoms. The molecule has 88 valence electrons. The second kappa shape index (κ2) is 3.91. The van der Waals surface area contributed by atoms with Gasteiger partial charge in [-0.15, -0.1) is 0 Å². The minimum Gasteiger partial charge on any atom is -0.399 e. The number of benzene rings is 1. The highest BCUT2D eigenvalue weighted by Crippen LogP contribution is 2.33. The van der Waals surface area contributed by atoms with Crippen LogP contribution in [0, 0.1) is 5.92 Å². The van der Waals surface area contributed by atoms with Gasteiger partial charge in [-0.1, -0.05) is 0 Å². The molecule has 1 heterocycles. The van der Waals surface area contributed by atoms with Gasteiger partial charge in [0.2, 0.25) is 0 Å². The van der Waals surface area contributed by atoms with E-state index in [1.165, 1.54) is 12.8 Å². The molecule has 0 amide bonds. The Hall–Kier alpha value is -1.77. The minimum atomic E-state index is 0.522. The second-order valence-electron chi connectivity index (χ2n) is 4.92. The molecule has 3 nitrogen and oxygen atoms in total. The lowest BCUT2D eigenvalue weighted by molar-refractivity contribution is 0.691. The summed E-state index contributed by atoms with van der Waals surface area (Å²) < 4.78 is 0. The van der Waals surface area contributed by atoms with Crippen LogP contribution in [0.5, 0.6) is 0 Å². The summed E-state index contributed by atoms with van der Waals surface area (Å²) in [6.07, 6.45) is 2.69. The zero-order chi connectivity index (χ0) is 11.8. The van der Waals surface area contributed by atoms with Crippen molar-refractivity contribution in [3.63, 3.8) is 0 Å². The van der Waals surface area contributed by atoms with Crippen molar-refractivity contribution in [2.75, 3.05) is 11.1 Å². The zero-order valence-electron chi connectivity index (χ0n) is 9.98. The number of aromatic nitrogens is 1. The van der Waals surface area contributed by atoms with E-state index in [4.69, 9.17) is 5.73 Å². The lowest BCUT2D eigenvalue weighted by atomic mass is 10.2. The first-order chi connectivity index (χ1) is 8.22. The van der Waals surface area contributed by atoms with Gasteiger partial charge in [0.25, 0.3) is 0 Å². The van der Waals surface area contributed by atoms with Crippen molar-refractivity contribution in [3.05, 3.63) is 30.3 Å². The van der Waals surface area contributed by atoms with E-state index in [1.54, 1.807) is 0 Å². The Morgan fingerprint density at radius 1 is 1.29 bits per heavy atom. The highest BCUT2D eigenvalue weighted by atomic mass is 15.0. The Labute approximate surface area is 101 Å². The molecule has 0 aliphatic heterocycles. The summed E-state index contributed by atoms with van der Waals surface area (Å²) in [5, 5.41) is 4.56. The quantitative estimate of drug-likeness (QED) is 0.792. The summed E-state index contributed by atoms with van der Waals surface area (Å²) >= 11 is 0. The van der Waals surface area contributed by atoms with Crippen LogP contribution in [0.4, 0.5) is 11.5 Å². The number of rotatable bonds is 3. The molecule has 0 radical (unpaired) electrons. The maximum atomic E-state index is 5.75. The van der Waals surface area contributed by atoms with E-state index in [9.17, 15) is 0 Å². The van der Waals surface area contributed by atoms with Crippen LogP contribution in [0.15, 0.2) is 30.3 Å². The molecule has 1 aliphatic rings. The number of nitrogens with two attached hydrogens (primary N) is 1. The van der Waals surface area contributed by atoms with Crippen LogP contribution in [0.2, 0.25) is 0 Å². The standard InChI is InChI=1S/C14H17N3/c1-9(10-2-3-10)16-14-7-4-11-8-12(15)5-6-13(11)17-14/h4-10H,2-3,15H2,1H3,(H,16,17). The molecule has 17 heavy (non-hydrogen) atoms. The van der Waals surface area contributed by atoms with Crippen LogP contribution in [0.3, 0.4) is 0 Å². The molecule has 1 unspecified atom stereocenters. The van der Waals surface area contributed by atoms with E-state index in [-0.39, 0.29) is 0 Å². The maximum absolute atomic E-state index is 5.75. The van der Waals surface area contributed by atoms with Crippen LogP contribution < -0.4 is 11.1 Å². The van der Waals surface area contributed by atoms with Crippen LogP contribution in [-0.4, -0.2) is 11.0 Å². The number of hydrogen-bond acceptors (Lipinski definition) is 3. The molecule has 3 rings (SSSR count). The molecule has 1 aromatic heterocycles. The van der Waals surface area contributed by atoms with E-state index in [0.29, 0.717) is 6.04 Å². The van der Waals surface area contributed by atoms with Gasteiger partial charge in [0.15, 0.2) is 0 Å². The first kappa shape index (κ1) is 10.4. The predicted molar refractivity (Wildman–Crippen MR) is 72.0 cm³/mol. The fourth-order valence-corrected chi connectivity index (χ4v) is 2.17. The van der Waals surface area contributed by atoms with Crippen LogP contribution in [-0.2, 0) is 0 Å². The molecule has 1 fully saturated rings. The van der Waals surface area contributed by atoms with E-state index < -0.39 is 0 Å². The summed E-state index contributed by atoms with van der Waals surface area (Å²) in [4.78, 5) is 4.60. The van der Waals surface area contributed by atoms with E-state index in [0.717, 1.165) is 28.3 Å². The van der Waals surface area contributed by atoms with Crippen molar-refractivity contribution in [2.45, 2.75) is 25.8 Å². The van der Waals surface area contributed by atoms with Crippen molar-refractivity contribution in [2.24, 2.45) is 5.92 Å². The van der Waals surface area contributed by atoms with Gasteiger partial charge in [-0.05, 0) is 56.0 Å². The number of pyridine rings is 1. The third kappa shape index (κ3) is 2.18. The largest absolute Gasteiger partial charge is 0.399 e. The fourth-order valence-electron chi connectivity index (χ4n) is 2.17. The summed E-state index contributed by atoms with van der Waals surface area (Å²) in [6, 6.07) is 10.4. The van der Waals surface area contributed by atoms with Crippen molar-refractivity contribution in [3.8, 4) is 0 Å². The number of fused-ring (bicyclic) bond motifs is 1. The molecule has 1 saturated carbocycles. The van der Waals surface area contributed by atoms with Crippen molar-refractivity contribution in [1.29, 1.82) is 0 Å². The smallest absolute Gasteiger partial charge is 0.126 e. The lowest BCUT2D eigenvalue weighted by Gasteiger charge is -2.13. The molecule has 1 atom stereocenters. The number of nitrogens with zero attached hydrogens (tertiary/aromatic N) is 1. The molecule has 1 aliphatic carbocycles. The Balaban J connectivity index is 1.87. The topological polar surface area (TPSA) is 50.9 Å². The molecule has 0 bridgehead atoms. The van der Waals surface area contributed by atoms with Gasteiger partial charge in [-0.3, -0.25) is 0 Å². The molecule has 2 aromatic rings. The minimum absolute atomic E-state index is 0.522. The lowest BCUT2D eigenvalue weighted by Crippen LogP contribution is -2.17. The Morgan fingerprint density at radius 2 is 2.12 bits per heavy atom. The van der Waals surface area contributed by atoms with Crippen molar-refractivity contribution >= 4 is 22.4 Å². The van der Waals surface area contributed by atoms with E-state index >= 15 is 0 Å². The highest BCUT2D eigenvalue weighted by Gasteiger charge is 2.27. The van der Waals surface area contributed by atoms with Gasteiger partial charge in [-0.25, -0.2) is 4.98 Å². The van der Waals surface area contributed by atoms with E-state index in [2.05, 4.69) is 23.3 Å². The van der Waals surface area contributed by atoms with Crippen LogP contribution >= 0.6 is 0 Å². The Bertz CT molecular complexity index is 546. The van der Waals surface area contributed by atoms with Crippen molar-refractivity contribution in [1.82, 2.24) is 4.98 Å². The Morgan fingerprint density at radius 3 is 2.88 bits per heavy atom. The number of nitrogens with one attached hydrogen (secondary N) is 1. The number of anilines is 2. The molecule has 3 N–H and O–H groups in total. The van der Waals surface area contributed by atoms with Crippen LogP contribution in [0.25, 0.3) is 10.9 Å². The average molecular weight is 227 g/mol. The van der Waals surface area contributed by atoms with Gasteiger partial charge in [0.05, 0.1) is 5.52 Å². The van der Waals surface area contributed by atoms with Gasteiger partial charge in [0.1, 0.15) is 5.82 Å². The molecule has 0 saturated heterocycles. The monoisotopic (exact) mass is 227 g/mol. The summed E-state index contributed by atoms with van der Waals surface area (Å²) in [7, 11) is 0. The van der Waals surface area contributed by atoms with Crippen LogP contribution in [0.1, 0.15) is 19.8 Å². The van der Waals surface area contributed by atoms with Gasteiger partial charge in [-0.2, -0.15) is 0 Å². The first-order valence-corrected chi connectivity index (χ1v) is 6.15. The molecule has 1 aromatic carbocycles. The second-order valence-corrected chi connectivity index (χ2v) is 4.92. The summed E-state index contributed by atoms with van der Waals surface area (Å²) in [6.45, 7) is 2.23. The normalized spacial score (nSPS) is 17.0. The number of hydrogen-bond donors (Lipinski definition) is 2. The number of nitrogen functional groups attached to an aromatic ring is 1. The van der Waals surface area contributed by atoms with Crippen molar-refractivity contribution < 1.29 is 0 Å². The third-order valence-corrected chi connectivity index (χ3v) is 3.42. The molecule has 3 heteroatoms. The van der Waals surface area contributed by atoms with Gasteiger partial charge < -0.3 is 11.1 Å². The zero-order valence-corrected chi connectivity index (χ0v) is 9.98. The SMILES string of the molecule is CC(Nc1ccc2cc(N)ccc2n1)C1CC1. The van der Waals surface area contributed by atoms with E-state index in [1.807, 2.05) is 24.3 Å². The Kier molecular flexibility index (Phi) is 2.39. The summed E-state index contributed by atoms with van der Waals surface area (Å²) in [5.74, 6) is 1.79. The molecular weight excluding hydrogens is 210 g/mol. The summed E-state index contributed by atoms with van der Waals surface area (Å²) in [5.41, 5.74) is 7.52. The first-order valence-electron chi connectivity index (χ1n) is 6.15.